The third-order valence-electron chi connectivity index (χ3n) is 6.86. The Labute approximate surface area is 194 Å². The first-order chi connectivity index (χ1) is 15.0. The molecule has 0 bridgehead atoms. The van der Waals surface area contributed by atoms with Gasteiger partial charge in [0.25, 0.3) is 0 Å². The molecule has 0 spiro atoms. The van der Waals surface area contributed by atoms with Crippen LogP contribution in [-0.2, 0) is 14.3 Å². The van der Waals surface area contributed by atoms with E-state index in [1.807, 2.05) is 6.92 Å². The summed E-state index contributed by atoms with van der Waals surface area (Å²) in [6.45, 7) is 8.28. The Kier molecular flexibility index (Phi) is 20.4. The van der Waals surface area contributed by atoms with Crippen LogP contribution in [0.5, 0.6) is 0 Å². The average molecular weight is 439 g/mol. The van der Waals surface area contributed by atoms with Gasteiger partial charge < -0.3 is 4.74 Å². The summed E-state index contributed by atoms with van der Waals surface area (Å²) < 4.78 is 5.52. The molecular weight excluding hydrogens is 384 g/mol. The lowest BCUT2D eigenvalue weighted by Crippen LogP contribution is -2.39. The number of hydrogen-bond donors (Lipinski definition) is 0. The van der Waals surface area contributed by atoms with Crippen molar-refractivity contribution in [2.24, 2.45) is 5.41 Å². The largest absolute Gasteiger partial charge is 0.465 e. The second-order valence-corrected chi connectivity index (χ2v) is 9.53. The molecule has 0 saturated carbocycles. The predicted molar refractivity (Wildman–Crippen MR) is 133 cm³/mol. The summed E-state index contributed by atoms with van der Waals surface area (Å²) in [4.78, 5) is 24.7. The summed E-state index contributed by atoms with van der Waals surface area (Å²) in [5, 5.41) is 0. The Morgan fingerprint density at radius 3 is 1.32 bits per heavy atom. The van der Waals surface area contributed by atoms with E-state index in [0.717, 1.165) is 25.7 Å². The van der Waals surface area contributed by atoms with E-state index in [2.05, 4.69) is 13.8 Å². The fourth-order valence-corrected chi connectivity index (χ4v) is 4.42. The number of hydrogen-bond acceptors (Lipinski definition) is 3. The van der Waals surface area contributed by atoms with Gasteiger partial charge in [-0.15, -0.1) is 0 Å². The molecule has 0 saturated heterocycles. The SMILES string of the molecule is CCCCCCCCCCCCCCCCCCOC(=O)C(CC)(CCCC)C(C)=O. The van der Waals surface area contributed by atoms with Crippen LogP contribution >= 0.6 is 0 Å². The van der Waals surface area contributed by atoms with E-state index in [1.54, 1.807) is 0 Å². The standard InChI is InChI=1S/C28H54O3/c1-5-8-10-11-12-13-14-15-16-17-18-19-20-21-22-23-25-31-27(30)28(7-3,26(4)29)24-9-6-2/h5-25H2,1-4H3. The molecule has 0 aliphatic rings. The molecule has 0 aromatic rings. The van der Waals surface area contributed by atoms with Gasteiger partial charge in [-0.25, -0.2) is 0 Å². The van der Waals surface area contributed by atoms with Crippen LogP contribution in [0.25, 0.3) is 0 Å². The summed E-state index contributed by atoms with van der Waals surface area (Å²) in [7, 11) is 0. The maximum absolute atomic E-state index is 12.6. The van der Waals surface area contributed by atoms with Crippen LogP contribution in [0.4, 0.5) is 0 Å². The van der Waals surface area contributed by atoms with Crippen molar-refractivity contribution in [3.63, 3.8) is 0 Å². The maximum Gasteiger partial charge on any atom is 0.319 e. The van der Waals surface area contributed by atoms with Crippen LogP contribution < -0.4 is 0 Å². The zero-order valence-corrected chi connectivity index (χ0v) is 21.6. The van der Waals surface area contributed by atoms with Crippen LogP contribution in [0, 0.1) is 5.41 Å². The Morgan fingerprint density at radius 1 is 0.581 bits per heavy atom. The molecule has 31 heavy (non-hydrogen) atoms. The molecule has 0 aromatic carbocycles. The van der Waals surface area contributed by atoms with Crippen molar-refractivity contribution in [2.75, 3.05) is 6.61 Å². The van der Waals surface area contributed by atoms with Gasteiger partial charge in [0.2, 0.25) is 0 Å². The number of Topliss-reactive ketones (excluding diaryl/α,β-unsaturated/α-hetero) is 1. The normalized spacial score (nSPS) is 13.2. The predicted octanol–water partition coefficient (Wildman–Crippen LogP) is 8.97. The molecule has 0 aliphatic heterocycles. The molecule has 3 heteroatoms. The van der Waals surface area contributed by atoms with Gasteiger partial charge >= 0.3 is 5.97 Å². The highest BCUT2D eigenvalue weighted by Crippen LogP contribution is 2.32. The zero-order valence-electron chi connectivity index (χ0n) is 21.6. The molecule has 3 nitrogen and oxygen atoms in total. The van der Waals surface area contributed by atoms with Crippen LogP contribution in [-0.4, -0.2) is 18.4 Å². The summed E-state index contributed by atoms with van der Waals surface area (Å²) in [5.41, 5.74) is -0.912. The van der Waals surface area contributed by atoms with E-state index in [1.165, 1.54) is 96.8 Å². The summed E-state index contributed by atoms with van der Waals surface area (Å²) >= 11 is 0. The molecule has 0 aromatic heterocycles. The van der Waals surface area contributed by atoms with Gasteiger partial charge in [-0.2, -0.15) is 0 Å². The highest BCUT2D eigenvalue weighted by Gasteiger charge is 2.42. The molecule has 0 radical (unpaired) electrons. The third-order valence-corrected chi connectivity index (χ3v) is 6.86. The van der Waals surface area contributed by atoms with E-state index in [9.17, 15) is 9.59 Å². The molecule has 0 rings (SSSR count). The Bertz CT molecular complexity index is 432. The van der Waals surface area contributed by atoms with Gasteiger partial charge in [0.15, 0.2) is 0 Å². The lowest BCUT2D eigenvalue weighted by Gasteiger charge is -2.27. The number of ketones is 1. The van der Waals surface area contributed by atoms with Gasteiger partial charge in [-0.1, -0.05) is 130 Å². The minimum Gasteiger partial charge on any atom is -0.465 e. The number of esters is 1. The summed E-state index contributed by atoms with van der Waals surface area (Å²) in [6.07, 6.45) is 24.3. The van der Waals surface area contributed by atoms with Crippen molar-refractivity contribution < 1.29 is 14.3 Å². The van der Waals surface area contributed by atoms with Crippen LogP contribution in [0.15, 0.2) is 0 Å². The van der Waals surface area contributed by atoms with Crippen LogP contribution in [0.3, 0.4) is 0 Å². The Balaban J connectivity index is 3.58. The molecule has 0 aliphatic carbocycles. The number of carbonyl (C=O) groups is 2. The minimum absolute atomic E-state index is 0.0413. The molecule has 0 fully saturated rings. The molecule has 0 heterocycles. The minimum atomic E-state index is -0.912. The lowest BCUT2D eigenvalue weighted by atomic mass is 9.77. The first-order valence-corrected chi connectivity index (χ1v) is 13.7. The number of ether oxygens (including phenoxy) is 1. The van der Waals surface area contributed by atoms with Crippen molar-refractivity contribution in [3.05, 3.63) is 0 Å². The van der Waals surface area contributed by atoms with E-state index in [0.29, 0.717) is 19.4 Å². The Hall–Kier alpha value is -0.860. The first kappa shape index (κ1) is 30.1. The van der Waals surface area contributed by atoms with Crippen molar-refractivity contribution in [1.29, 1.82) is 0 Å². The summed E-state index contributed by atoms with van der Waals surface area (Å²) in [5.74, 6) is -0.336. The van der Waals surface area contributed by atoms with E-state index < -0.39 is 5.41 Å². The third kappa shape index (κ3) is 14.8. The molecular formula is C28H54O3. The van der Waals surface area contributed by atoms with Gasteiger partial charge in [0, 0.05) is 0 Å². The van der Waals surface area contributed by atoms with Crippen molar-refractivity contribution in [1.82, 2.24) is 0 Å². The molecule has 1 atom stereocenters. The van der Waals surface area contributed by atoms with Crippen molar-refractivity contribution in [2.45, 2.75) is 156 Å². The fraction of sp³-hybridized carbons (Fsp3) is 0.929. The van der Waals surface area contributed by atoms with Gasteiger partial charge in [0.05, 0.1) is 6.61 Å². The highest BCUT2D eigenvalue weighted by atomic mass is 16.5. The van der Waals surface area contributed by atoms with E-state index in [4.69, 9.17) is 4.74 Å². The molecule has 1 unspecified atom stereocenters. The fourth-order valence-electron chi connectivity index (χ4n) is 4.42. The zero-order chi connectivity index (χ0) is 23.2. The van der Waals surface area contributed by atoms with Crippen LogP contribution in [0.2, 0.25) is 0 Å². The van der Waals surface area contributed by atoms with Crippen LogP contribution in [0.1, 0.15) is 156 Å². The lowest BCUT2D eigenvalue weighted by molar-refractivity contribution is -0.161. The van der Waals surface area contributed by atoms with Gasteiger partial charge in [-0.05, 0) is 26.2 Å². The summed E-state index contributed by atoms with van der Waals surface area (Å²) in [6, 6.07) is 0. The van der Waals surface area contributed by atoms with E-state index in [-0.39, 0.29) is 11.8 Å². The molecule has 0 N–H and O–H groups in total. The molecule has 0 amide bonds. The van der Waals surface area contributed by atoms with E-state index >= 15 is 0 Å². The highest BCUT2D eigenvalue weighted by molar-refractivity contribution is 6.02. The quantitative estimate of drug-likeness (QED) is 0.0908. The van der Waals surface area contributed by atoms with Crippen molar-refractivity contribution >= 4 is 11.8 Å². The van der Waals surface area contributed by atoms with Gasteiger partial charge in [0.1, 0.15) is 11.2 Å². The van der Waals surface area contributed by atoms with Gasteiger partial charge in [-0.3, -0.25) is 9.59 Å². The number of unbranched alkanes of at least 4 members (excludes halogenated alkanes) is 16. The molecule has 184 valence electrons. The maximum atomic E-state index is 12.6. The van der Waals surface area contributed by atoms with Crippen molar-refractivity contribution in [3.8, 4) is 0 Å². The smallest absolute Gasteiger partial charge is 0.319 e. The number of carbonyl (C=O) groups excluding carboxylic acids is 2. The number of rotatable bonds is 23. The Morgan fingerprint density at radius 2 is 0.968 bits per heavy atom. The monoisotopic (exact) mass is 438 g/mol. The second-order valence-electron chi connectivity index (χ2n) is 9.53. The second kappa shape index (κ2) is 21.0. The topological polar surface area (TPSA) is 43.4 Å². The first-order valence-electron chi connectivity index (χ1n) is 13.7. The average Bonchev–Trinajstić information content (AvgIpc) is 2.76.